The number of hydrogen-bond acceptors (Lipinski definition) is 6. The van der Waals surface area contributed by atoms with Crippen LogP contribution in [-0.4, -0.2) is 33.3 Å². The van der Waals surface area contributed by atoms with Crippen LogP contribution >= 0.6 is 21.6 Å². The third kappa shape index (κ3) is 4.06. The van der Waals surface area contributed by atoms with Crippen molar-refractivity contribution in [2.75, 3.05) is 14.2 Å². The van der Waals surface area contributed by atoms with Crippen molar-refractivity contribution < 1.29 is 9.47 Å². The molecule has 154 valence electrons. The molecule has 0 atom stereocenters. The number of hydrogen-bond donors (Lipinski definition) is 0. The predicted molar refractivity (Wildman–Crippen MR) is 122 cm³/mol. The van der Waals surface area contributed by atoms with E-state index in [1.807, 2.05) is 84.4 Å². The highest BCUT2D eigenvalue weighted by Crippen LogP contribution is 2.44. The summed E-state index contributed by atoms with van der Waals surface area (Å²) in [6, 6.07) is 15.9. The first-order valence-electron chi connectivity index (χ1n) is 9.26. The number of benzene rings is 2. The summed E-state index contributed by atoms with van der Waals surface area (Å²) >= 11 is 0. The van der Waals surface area contributed by atoms with Crippen molar-refractivity contribution in [2.45, 2.75) is 10.1 Å². The minimum atomic E-state index is 0.831. The lowest BCUT2D eigenvalue weighted by Crippen LogP contribution is -1.91. The fourth-order valence-corrected chi connectivity index (χ4v) is 5.65. The Morgan fingerprint density at radius 1 is 0.633 bits per heavy atom. The molecule has 4 rings (SSSR count). The number of aromatic nitrogens is 4. The van der Waals surface area contributed by atoms with Gasteiger partial charge in [0.15, 0.2) is 0 Å². The molecular weight excluding hydrogens is 416 g/mol. The summed E-state index contributed by atoms with van der Waals surface area (Å²) < 4.78 is 14.6. The van der Waals surface area contributed by atoms with Gasteiger partial charge in [-0.1, -0.05) is 0 Å². The molecular formula is C22H22N4O2S2. The first-order valence-corrected chi connectivity index (χ1v) is 11.4. The first kappa shape index (κ1) is 20.4. The predicted octanol–water partition coefficient (Wildman–Crippen LogP) is 5.30. The van der Waals surface area contributed by atoms with Gasteiger partial charge >= 0.3 is 0 Å². The van der Waals surface area contributed by atoms with Crippen LogP contribution < -0.4 is 9.47 Å². The van der Waals surface area contributed by atoms with Gasteiger partial charge in [0.2, 0.25) is 0 Å². The summed E-state index contributed by atoms with van der Waals surface area (Å²) in [5, 5.41) is 2.15. The summed E-state index contributed by atoms with van der Waals surface area (Å²) in [4.78, 5) is 9.23. The van der Waals surface area contributed by atoms with E-state index in [9.17, 15) is 0 Å². The molecule has 0 fully saturated rings. The summed E-state index contributed by atoms with van der Waals surface area (Å²) in [5.41, 5.74) is 4.01. The second kappa shape index (κ2) is 8.89. The van der Waals surface area contributed by atoms with Gasteiger partial charge < -0.3 is 18.6 Å². The van der Waals surface area contributed by atoms with Crippen LogP contribution in [0.5, 0.6) is 11.5 Å². The third-order valence-corrected chi connectivity index (χ3v) is 7.25. The summed E-state index contributed by atoms with van der Waals surface area (Å²) in [6.45, 7) is 0. The van der Waals surface area contributed by atoms with Crippen molar-refractivity contribution in [3.8, 4) is 34.0 Å². The Morgan fingerprint density at radius 2 is 1.00 bits per heavy atom. The maximum atomic E-state index is 5.27. The lowest BCUT2D eigenvalue weighted by Gasteiger charge is -2.09. The molecule has 0 saturated heterocycles. The normalized spacial score (nSPS) is 10.9. The standard InChI is InChI=1S/C22H22N4O2S2/c1-25-13-23-19(15-5-9-17(27-3)10-6-15)21(25)29-30-22-20(24-14-26(22)2)16-7-11-18(28-4)12-8-16/h5-14H,1-4H3. The molecule has 0 amide bonds. The zero-order valence-corrected chi connectivity index (χ0v) is 18.8. The van der Waals surface area contributed by atoms with Crippen LogP contribution in [0.4, 0.5) is 0 Å². The van der Waals surface area contributed by atoms with Crippen molar-refractivity contribution in [3.05, 3.63) is 61.2 Å². The smallest absolute Gasteiger partial charge is 0.118 e. The molecule has 2 aromatic heterocycles. The molecule has 0 radical (unpaired) electrons. The Hall–Kier alpha value is -2.84. The molecule has 2 aromatic carbocycles. The van der Waals surface area contributed by atoms with Gasteiger partial charge in [0.1, 0.15) is 32.9 Å². The highest BCUT2D eigenvalue weighted by atomic mass is 33.1. The molecule has 6 nitrogen and oxygen atoms in total. The van der Waals surface area contributed by atoms with Gasteiger partial charge in [-0.2, -0.15) is 0 Å². The van der Waals surface area contributed by atoms with Gasteiger partial charge in [-0.05, 0) is 70.1 Å². The summed E-state index contributed by atoms with van der Waals surface area (Å²) in [5.74, 6) is 1.66. The second-order valence-electron chi connectivity index (χ2n) is 6.64. The molecule has 0 aliphatic rings. The van der Waals surface area contributed by atoms with Crippen LogP contribution in [0.3, 0.4) is 0 Å². The third-order valence-electron chi connectivity index (χ3n) is 4.69. The van der Waals surface area contributed by atoms with Crippen LogP contribution in [-0.2, 0) is 14.1 Å². The quantitative estimate of drug-likeness (QED) is 0.365. The minimum Gasteiger partial charge on any atom is -0.497 e. The van der Waals surface area contributed by atoms with Crippen molar-refractivity contribution in [3.63, 3.8) is 0 Å². The largest absolute Gasteiger partial charge is 0.497 e. The van der Waals surface area contributed by atoms with Gasteiger partial charge in [0.25, 0.3) is 0 Å². The Morgan fingerprint density at radius 3 is 1.33 bits per heavy atom. The fourth-order valence-electron chi connectivity index (χ4n) is 3.01. The van der Waals surface area contributed by atoms with Gasteiger partial charge in [-0.3, -0.25) is 0 Å². The number of imidazole rings is 2. The van der Waals surface area contributed by atoms with Gasteiger partial charge in [-0.25, -0.2) is 9.97 Å². The van der Waals surface area contributed by atoms with Gasteiger partial charge in [0, 0.05) is 25.2 Å². The first-order chi connectivity index (χ1) is 14.6. The Balaban J connectivity index is 1.60. The number of methoxy groups -OCH3 is 2. The SMILES string of the molecule is COc1ccc(-c2ncn(C)c2SSc2c(-c3ccc(OC)cc3)ncn2C)cc1. The van der Waals surface area contributed by atoms with E-state index in [-0.39, 0.29) is 0 Å². The van der Waals surface area contributed by atoms with E-state index in [4.69, 9.17) is 9.47 Å². The number of nitrogens with zero attached hydrogens (tertiary/aromatic N) is 4. The maximum Gasteiger partial charge on any atom is 0.118 e. The van der Waals surface area contributed by atoms with Crippen LogP contribution in [0, 0.1) is 0 Å². The molecule has 0 bridgehead atoms. The average Bonchev–Trinajstić information content (AvgIpc) is 3.34. The van der Waals surface area contributed by atoms with E-state index in [1.54, 1.807) is 35.8 Å². The van der Waals surface area contributed by atoms with E-state index in [0.717, 1.165) is 44.1 Å². The molecule has 0 unspecified atom stereocenters. The maximum absolute atomic E-state index is 5.27. The van der Waals surface area contributed by atoms with Crippen LogP contribution in [0.15, 0.2) is 71.2 Å². The van der Waals surface area contributed by atoms with Crippen LogP contribution in [0.2, 0.25) is 0 Å². The summed E-state index contributed by atoms with van der Waals surface area (Å²) in [6.07, 6.45) is 3.69. The average molecular weight is 439 g/mol. The van der Waals surface area contributed by atoms with Crippen molar-refractivity contribution in [2.24, 2.45) is 14.1 Å². The lowest BCUT2D eigenvalue weighted by molar-refractivity contribution is 0.415. The fraction of sp³-hybridized carbons (Fsp3) is 0.182. The highest BCUT2D eigenvalue weighted by Gasteiger charge is 2.17. The molecule has 0 aliphatic heterocycles. The van der Waals surface area contributed by atoms with E-state index in [2.05, 4.69) is 9.97 Å². The van der Waals surface area contributed by atoms with Crippen molar-refractivity contribution in [1.82, 2.24) is 19.1 Å². The molecule has 0 aliphatic carbocycles. The van der Waals surface area contributed by atoms with E-state index in [1.165, 1.54) is 0 Å². The molecule has 0 saturated carbocycles. The molecule has 0 spiro atoms. The van der Waals surface area contributed by atoms with E-state index in [0.29, 0.717) is 0 Å². The van der Waals surface area contributed by atoms with Crippen LogP contribution in [0.25, 0.3) is 22.5 Å². The zero-order valence-electron chi connectivity index (χ0n) is 17.2. The molecule has 30 heavy (non-hydrogen) atoms. The van der Waals surface area contributed by atoms with Gasteiger partial charge in [0.05, 0.1) is 26.9 Å². The van der Waals surface area contributed by atoms with E-state index >= 15 is 0 Å². The van der Waals surface area contributed by atoms with Gasteiger partial charge in [-0.15, -0.1) is 0 Å². The van der Waals surface area contributed by atoms with Crippen LogP contribution in [0.1, 0.15) is 0 Å². The molecule has 0 N–H and O–H groups in total. The molecule has 4 aromatic rings. The minimum absolute atomic E-state index is 0.831. The van der Waals surface area contributed by atoms with Crippen molar-refractivity contribution in [1.29, 1.82) is 0 Å². The number of ether oxygens (including phenoxy) is 2. The second-order valence-corrected chi connectivity index (χ2v) is 8.75. The Bertz CT molecular complexity index is 1040. The highest BCUT2D eigenvalue weighted by molar-refractivity contribution is 8.76. The number of aryl methyl sites for hydroxylation is 2. The van der Waals surface area contributed by atoms with Crippen molar-refractivity contribution >= 4 is 21.6 Å². The molecule has 2 heterocycles. The monoisotopic (exact) mass is 438 g/mol. The zero-order chi connectivity index (χ0) is 21.1. The lowest BCUT2D eigenvalue weighted by atomic mass is 10.1. The number of rotatable bonds is 7. The summed E-state index contributed by atoms with van der Waals surface area (Å²) in [7, 11) is 10.7. The molecule has 8 heteroatoms. The topological polar surface area (TPSA) is 54.1 Å². The Kier molecular flexibility index (Phi) is 6.06. The van der Waals surface area contributed by atoms with E-state index < -0.39 is 0 Å². The Labute approximate surface area is 183 Å².